The van der Waals surface area contributed by atoms with E-state index in [0.717, 1.165) is 34.9 Å². The molecule has 0 amide bonds. The van der Waals surface area contributed by atoms with Gasteiger partial charge in [-0.15, -0.1) is 0 Å². The summed E-state index contributed by atoms with van der Waals surface area (Å²) in [6.07, 6.45) is 1.82. The Morgan fingerprint density at radius 3 is 1.65 bits per heavy atom. The van der Waals surface area contributed by atoms with Crippen molar-refractivity contribution in [3.05, 3.63) is 82.5 Å². The first-order chi connectivity index (χ1) is 12.7. The van der Waals surface area contributed by atoms with Gasteiger partial charge in [0.2, 0.25) is 0 Å². The van der Waals surface area contributed by atoms with Crippen molar-refractivity contribution in [2.75, 3.05) is 19.1 Å². The van der Waals surface area contributed by atoms with Gasteiger partial charge in [-0.05, 0) is 63.5 Å². The van der Waals surface area contributed by atoms with E-state index in [9.17, 15) is 0 Å². The molecule has 26 heavy (non-hydrogen) atoms. The lowest BCUT2D eigenvalue weighted by molar-refractivity contribution is 0.414. The lowest BCUT2D eigenvalue weighted by atomic mass is 10.1. The Labute approximate surface area is 162 Å². The van der Waals surface area contributed by atoms with Crippen molar-refractivity contribution in [3.63, 3.8) is 0 Å². The molecule has 3 aromatic rings. The normalized spacial score (nSPS) is 10.4. The zero-order chi connectivity index (χ0) is 18.4. The van der Waals surface area contributed by atoms with E-state index in [1.54, 1.807) is 14.2 Å². The maximum atomic E-state index is 5.25. The van der Waals surface area contributed by atoms with Crippen LogP contribution in [-0.2, 0) is 13.1 Å². The number of ether oxygens (including phenoxy) is 2. The van der Waals surface area contributed by atoms with Crippen LogP contribution in [0.2, 0.25) is 0 Å². The Morgan fingerprint density at radius 2 is 1.27 bits per heavy atom. The fourth-order valence-electron chi connectivity index (χ4n) is 2.68. The lowest BCUT2D eigenvalue weighted by Gasteiger charge is -2.24. The predicted octanol–water partition coefficient (Wildman–Crippen LogP) is 5.07. The van der Waals surface area contributed by atoms with Gasteiger partial charge in [0.1, 0.15) is 17.3 Å². The van der Waals surface area contributed by atoms with Gasteiger partial charge in [-0.25, -0.2) is 4.98 Å². The molecule has 0 saturated carbocycles. The van der Waals surface area contributed by atoms with Crippen LogP contribution in [0.1, 0.15) is 11.1 Å². The second-order valence-electron chi connectivity index (χ2n) is 5.89. The molecule has 0 spiro atoms. The van der Waals surface area contributed by atoms with E-state index in [1.165, 1.54) is 11.1 Å². The molecule has 1 aromatic heterocycles. The molecule has 0 fully saturated rings. The number of anilines is 1. The molecule has 5 heteroatoms. The van der Waals surface area contributed by atoms with Gasteiger partial charge in [0.15, 0.2) is 0 Å². The quantitative estimate of drug-likeness (QED) is 0.542. The molecule has 134 valence electrons. The van der Waals surface area contributed by atoms with E-state index in [4.69, 9.17) is 9.47 Å². The van der Waals surface area contributed by atoms with E-state index in [0.29, 0.717) is 0 Å². The zero-order valence-corrected chi connectivity index (χ0v) is 16.4. The number of nitrogens with zero attached hydrogens (tertiary/aromatic N) is 2. The molecule has 0 radical (unpaired) electrons. The highest BCUT2D eigenvalue weighted by Crippen LogP contribution is 2.22. The molecular formula is C21H21BrN2O2. The van der Waals surface area contributed by atoms with Crippen molar-refractivity contribution >= 4 is 21.7 Å². The van der Waals surface area contributed by atoms with Gasteiger partial charge in [0, 0.05) is 23.8 Å². The van der Waals surface area contributed by atoms with Gasteiger partial charge < -0.3 is 14.4 Å². The Bertz CT molecular complexity index is 769. The van der Waals surface area contributed by atoms with E-state index in [1.807, 2.05) is 42.6 Å². The van der Waals surface area contributed by atoms with Gasteiger partial charge in [0.05, 0.1) is 14.2 Å². The molecule has 0 atom stereocenters. The molecule has 0 aliphatic carbocycles. The molecule has 0 N–H and O–H groups in total. The van der Waals surface area contributed by atoms with Crippen LogP contribution in [0, 0.1) is 0 Å². The third-order valence-electron chi connectivity index (χ3n) is 4.10. The van der Waals surface area contributed by atoms with Crippen molar-refractivity contribution in [1.29, 1.82) is 0 Å². The van der Waals surface area contributed by atoms with Crippen molar-refractivity contribution in [2.45, 2.75) is 13.1 Å². The maximum absolute atomic E-state index is 5.25. The number of aromatic nitrogens is 1. The van der Waals surface area contributed by atoms with Crippen molar-refractivity contribution in [3.8, 4) is 11.5 Å². The number of rotatable bonds is 7. The minimum atomic E-state index is 0.755. The van der Waals surface area contributed by atoms with Crippen LogP contribution in [0.25, 0.3) is 0 Å². The summed E-state index contributed by atoms with van der Waals surface area (Å²) in [6, 6.07) is 20.3. The first-order valence-corrected chi connectivity index (χ1v) is 9.09. The van der Waals surface area contributed by atoms with Crippen molar-refractivity contribution < 1.29 is 9.47 Å². The molecule has 0 aliphatic rings. The summed E-state index contributed by atoms with van der Waals surface area (Å²) in [5, 5.41) is 0. The van der Waals surface area contributed by atoms with Gasteiger partial charge >= 0.3 is 0 Å². The highest BCUT2D eigenvalue weighted by Gasteiger charge is 2.10. The Morgan fingerprint density at radius 1 is 0.769 bits per heavy atom. The first-order valence-electron chi connectivity index (χ1n) is 8.30. The minimum absolute atomic E-state index is 0.755. The van der Waals surface area contributed by atoms with Crippen LogP contribution in [0.15, 0.2) is 71.3 Å². The number of methoxy groups -OCH3 is 2. The van der Waals surface area contributed by atoms with Crippen LogP contribution in [0.3, 0.4) is 0 Å². The fourth-order valence-corrected chi connectivity index (χ4v) is 2.91. The fraction of sp³-hybridized carbons (Fsp3) is 0.190. The Kier molecular flexibility index (Phi) is 6.12. The van der Waals surface area contributed by atoms with Crippen LogP contribution < -0.4 is 14.4 Å². The SMILES string of the molecule is COc1ccc(CN(Cc2ccc(OC)cc2)c2ccc(Br)cn2)cc1. The number of benzene rings is 2. The molecule has 0 aliphatic heterocycles. The highest BCUT2D eigenvalue weighted by molar-refractivity contribution is 9.10. The van der Waals surface area contributed by atoms with Crippen molar-refractivity contribution in [2.24, 2.45) is 0 Å². The monoisotopic (exact) mass is 412 g/mol. The summed E-state index contributed by atoms with van der Waals surface area (Å²) < 4.78 is 11.5. The summed E-state index contributed by atoms with van der Waals surface area (Å²) in [7, 11) is 3.35. The van der Waals surface area contributed by atoms with Crippen LogP contribution in [0.5, 0.6) is 11.5 Å². The van der Waals surface area contributed by atoms with Gasteiger partial charge in [-0.1, -0.05) is 24.3 Å². The number of halogens is 1. The maximum Gasteiger partial charge on any atom is 0.129 e. The smallest absolute Gasteiger partial charge is 0.129 e. The van der Waals surface area contributed by atoms with Gasteiger partial charge in [-0.3, -0.25) is 0 Å². The zero-order valence-electron chi connectivity index (χ0n) is 14.9. The van der Waals surface area contributed by atoms with Crippen molar-refractivity contribution in [1.82, 2.24) is 4.98 Å². The van der Waals surface area contributed by atoms with Crippen LogP contribution in [0.4, 0.5) is 5.82 Å². The molecule has 0 unspecified atom stereocenters. The van der Waals surface area contributed by atoms with Gasteiger partial charge in [-0.2, -0.15) is 0 Å². The topological polar surface area (TPSA) is 34.6 Å². The highest BCUT2D eigenvalue weighted by atomic mass is 79.9. The average molecular weight is 413 g/mol. The van der Waals surface area contributed by atoms with E-state index < -0.39 is 0 Å². The molecule has 1 heterocycles. The standard InChI is InChI=1S/C21H21BrN2O2/c1-25-19-8-3-16(4-9-19)14-24(21-12-7-18(22)13-23-21)15-17-5-10-20(26-2)11-6-17/h3-13H,14-15H2,1-2H3. The summed E-state index contributed by atoms with van der Waals surface area (Å²) in [4.78, 5) is 6.81. The second kappa shape index (κ2) is 8.72. The molecule has 0 bridgehead atoms. The molecule has 2 aromatic carbocycles. The average Bonchev–Trinajstić information content (AvgIpc) is 2.69. The first kappa shape index (κ1) is 18.3. The van der Waals surface area contributed by atoms with Crippen LogP contribution >= 0.6 is 15.9 Å². The van der Waals surface area contributed by atoms with Gasteiger partial charge in [0.25, 0.3) is 0 Å². The number of hydrogen-bond acceptors (Lipinski definition) is 4. The predicted molar refractivity (Wildman–Crippen MR) is 108 cm³/mol. The van der Waals surface area contributed by atoms with E-state index >= 15 is 0 Å². The molecule has 0 saturated heterocycles. The minimum Gasteiger partial charge on any atom is -0.497 e. The third-order valence-corrected chi connectivity index (χ3v) is 4.57. The van der Waals surface area contributed by atoms with Crippen LogP contribution in [-0.4, -0.2) is 19.2 Å². The summed E-state index contributed by atoms with van der Waals surface area (Å²) in [5.41, 5.74) is 2.40. The summed E-state index contributed by atoms with van der Waals surface area (Å²) in [6.45, 7) is 1.51. The third kappa shape index (κ3) is 4.76. The Balaban J connectivity index is 1.83. The van der Waals surface area contributed by atoms with E-state index in [2.05, 4.69) is 50.1 Å². The number of pyridine rings is 1. The lowest BCUT2D eigenvalue weighted by Crippen LogP contribution is -2.23. The van der Waals surface area contributed by atoms with E-state index in [-0.39, 0.29) is 0 Å². The Hall–Kier alpha value is -2.53. The summed E-state index contributed by atoms with van der Waals surface area (Å²) in [5.74, 6) is 2.65. The largest absolute Gasteiger partial charge is 0.497 e. The molecule has 3 rings (SSSR count). The molecule has 4 nitrogen and oxygen atoms in total. The number of hydrogen-bond donors (Lipinski definition) is 0. The second-order valence-corrected chi connectivity index (χ2v) is 6.80. The molecular weight excluding hydrogens is 392 g/mol. The summed E-state index contributed by atoms with van der Waals surface area (Å²) >= 11 is 3.45.